The highest BCUT2D eigenvalue weighted by atomic mass is 35.5. The smallest absolute Gasteiger partial charge is 0.176 e. The average molecular weight is 387 g/mol. The molecule has 3 rings (SSSR count). The third-order valence-electron chi connectivity index (χ3n) is 5.12. The van der Waals surface area contributed by atoms with Crippen LogP contribution in [0.15, 0.2) is 48.5 Å². The molecule has 0 spiro atoms. The summed E-state index contributed by atoms with van der Waals surface area (Å²) in [4.78, 5) is 14.9. The van der Waals surface area contributed by atoms with Crippen LogP contribution in [0, 0.1) is 0 Å². The van der Waals surface area contributed by atoms with Crippen LogP contribution >= 0.6 is 11.6 Å². The number of carbonyl (C=O) groups excluding carboxylic acids is 1. The van der Waals surface area contributed by atoms with Crippen molar-refractivity contribution < 1.29 is 9.53 Å². The van der Waals surface area contributed by atoms with Crippen LogP contribution < -0.4 is 10.1 Å². The van der Waals surface area contributed by atoms with Crippen molar-refractivity contribution in [3.8, 4) is 5.75 Å². The summed E-state index contributed by atoms with van der Waals surface area (Å²) >= 11 is 5.90. The van der Waals surface area contributed by atoms with Crippen LogP contribution in [-0.4, -0.2) is 44.0 Å². The van der Waals surface area contributed by atoms with Crippen molar-refractivity contribution in [1.82, 2.24) is 10.2 Å². The van der Waals surface area contributed by atoms with Crippen molar-refractivity contribution in [1.29, 1.82) is 0 Å². The summed E-state index contributed by atoms with van der Waals surface area (Å²) in [6.45, 7) is 3.26. The third kappa shape index (κ3) is 5.55. The van der Waals surface area contributed by atoms with Crippen LogP contribution in [0.1, 0.15) is 41.2 Å². The predicted molar refractivity (Wildman–Crippen MR) is 110 cm³/mol. The Kier molecular flexibility index (Phi) is 7.27. The van der Waals surface area contributed by atoms with Gasteiger partial charge in [-0.15, -0.1) is 0 Å². The van der Waals surface area contributed by atoms with E-state index in [4.69, 9.17) is 16.3 Å². The minimum absolute atomic E-state index is 0.0822. The highest BCUT2D eigenvalue weighted by molar-refractivity contribution is 6.30. The Labute approximate surface area is 166 Å². The van der Waals surface area contributed by atoms with Gasteiger partial charge in [-0.3, -0.25) is 9.69 Å². The van der Waals surface area contributed by atoms with Gasteiger partial charge in [0.05, 0.1) is 13.7 Å². The Bertz CT molecular complexity index is 725. The Hall–Kier alpha value is -1.88. The lowest BCUT2D eigenvalue weighted by Crippen LogP contribution is -2.40. The van der Waals surface area contributed by atoms with Gasteiger partial charge < -0.3 is 10.1 Å². The fourth-order valence-corrected chi connectivity index (χ4v) is 3.70. The Morgan fingerprint density at radius 2 is 1.74 bits per heavy atom. The zero-order chi connectivity index (χ0) is 19.1. The van der Waals surface area contributed by atoms with Gasteiger partial charge in [0.1, 0.15) is 5.75 Å². The van der Waals surface area contributed by atoms with E-state index >= 15 is 0 Å². The van der Waals surface area contributed by atoms with Gasteiger partial charge in [-0.25, -0.2) is 0 Å². The second kappa shape index (κ2) is 9.88. The summed E-state index contributed by atoms with van der Waals surface area (Å²) in [6.07, 6.45) is 3.76. The van der Waals surface area contributed by atoms with E-state index < -0.39 is 0 Å². The zero-order valence-electron chi connectivity index (χ0n) is 15.8. The molecule has 1 fully saturated rings. The Morgan fingerprint density at radius 3 is 2.37 bits per heavy atom. The number of halogens is 1. The first-order valence-electron chi connectivity index (χ1n) is 9.55. The van der Waals surface area contributed by atoms with Crippen molar-refractivity contribution >= 4 is 17.4 Å². The van der Waals surface area contributed by atoms with Gasteiger partial charge in [0.15, 0.2) is 5.78 Å². The number of ketones is 1. The lowest BCUT2D eigenvalue weighted by atomic mass is 10.0. The van der Waals surface area contributed by atoms with Crippen molar-refractivity contribution in [3.05, 3.63) is 64.7 Å². The monoisotopic (exact) mass is 386 g/mol. The van der Waals surface area contributed by atoms with E-state index in [1.807, 2.05) is 12.1 Å². The van der Waals surface area contributed by atoms with Gasteiger partial charge in [0, 0.05) is 23.2 Å². The second-order valence-corrected chi connectivity index (χ2v) is 7.38. The molecule has 0 radical (unpaired) electrons. The van der Waals surface area contributed by atoms with Crippen molar-refractivity contribution in [2.24, 2.45) is 0 Å². The molecule has 2 aromatic carbocycles. The molecular formula is C22H27ClN2O2. The van der Waals surface area contributed by atoms with E-state index in [-0.39, 0.29) is 11.8 Å². The number of hydrogen-bond acceptors (Lipinski definition) is 4. The number of benzene rings is 2. The number of rotatable bonds is 8. The molecule has 1 heterocycles. The first kappa shape index (κ1) is 19.9. The van der Waals surface area contributed by atoms with Gasteiger partial charge in [0.2, 0.25) is 0 Å². The number of likely N-dealkylation sites (tertiary alicyclic amines) is 1. The molecule has 1 aliphatic heterocycles. The average Bonchev–Trinajstić information content (AvgIpc) is 2.72. The molecule has 0 amide bonds. The second-order valence-electron chi connectivity index (χ2n) is 6.95. The Morgan fingerprint density at radius 1 is 1.07 bits per heavy atom. The Balaban J connectivity index is 1.63. The summed E-state index contributed by atoms with van der Waals surface area (Å²) in [6, 6.07) is 15.6. The van der Waals surface area contributed by atoms with E-state index in [0.717, 1.165) is 25.4 Å². The van der Waals surface area contributed by atoms with Crippen LogP contribution in [0.2, 0.25) is 5.02 Å². The van der Waals surface area contributed by atoms with Crippen LogP contribution in [0.5, 0.6) is 5.75 Å². The van der Waals surface area contributed by atoms with Gasteiger partial charge in [-0.1, -0.05) is 30.2 Å². The number of methoxy groups -OCH3 is 1. The number of piperidine rings is 1. The number of nitrogens with one attached hydrogen (secondary N) is 1. The van der Waals surface area contributed by atoms with Crippen molar-refractivity contribution in [2.45, 2.75) is 25.3 Å². The van der Waals surface area contributed by atoms with Crippen LogP contribution in [0.4, 0.5) is 0 Å². The maximum atomic E-state index is 12.4. The normalized spacial score (nSPS) is 16.1. The molecule has 0 saturated carbocycles. The molecule has 1 aliphatic rings. The van der Waals surface area contributed by atoms with E-state index in [2.05, 4.69) is 22.3 Å². The summed E-state index contributed by atoms with van der Waals surface area (Å²) in [5, 5.41) is 4.01. The first-order chi connectivity index (χ1) is 13.2. The number of nitrogens with zero attached hydrogens (tertiary/aromatic N) is 1. The molecule has 2 aromatic rings. The topological polar surface area (TPSA) is 41.6 Å². The molecule has 1 atom stereocenters. The highest BCUT2D eigenvalue weighted by Gasteiger charge is 2.22. The van der Waals surface area contributed by atoms with Gasteiger partial charge in [-0.2, -0.15) is 0 Å². The van der Waals surface area contributed by atoms with Gasteiger partial charge >= 0.3 is 0 Å². The number of Topliss-reactive ketones (excluding diaryl/α,β-unsaturated/α-hetero) is 1. The molecule has 1 N–H and O–H groups in total. The molecule has 1 unspecified atom stereocenters. The van der Waals surface area contributed by atoms with Crippen molar-refractivity contribution in [2.75, 3.05) is 33.3 Å². The van der Waals surface area contributed by atoms with Crippen LogP contribution in [0.25, 0.3) is 0 Å². The standard InChI is InChI=1S/C22H27ClN2O2/c1-27-20-11-7-17(8-12-20)21(25-13-3-2-4-14-25)15-24-16-22(26)18-5-9-19(23)10-6-18/h5-12,21,24H,2-4,13-16H2,1H3. The zero-order valence-corrected chi connectivity index (χ0v) is 16.5. The predicted octanol–water partition coefficient (Wildman–Crippen LogP) is 4.35. The largest absolute Gasteiger partial charge is 0.497 e. The molecule has 0 aliphatic carbocycles. The highest BCUT2D eigenvalue weighted by Crippen LogP contribution is 2.25. The number of hydrogen-bond donors (Lipinski definition) is 1. The summed E-state index contributed by atoms with van der Waals surface area (Å²) < 4.78 is 5.28. The van der Waals surface area contributed by atoms with Crippen LogP contribution in [0.3, 0.4) is 0 Å². The molecule has 4 nitrogen and oxygen atoms in total. The van der Waals surface area contributed by atoms with E-state index in [0.29, 0.717) is 17.1 Å². The van der Waals surface area contributed by atoms with E-state index in [9.17, 15) is 4.79 Å². The fraction of sp³-hybridized carbons (Fsp3) is 0.409. The molecular weight excluding hydrogens is 360 g/mol. The summed E-state index contributed by atoms with van der Waals surface area (Å²) in [7, 11) is 1.68. The molecule has 0 aromatic heterocycles. The fourth-order valence-electron chi connectivity index (χ4n) is 3.57. The van der Waals surface area contributed by atoms with Gasteiger partial charge in [-0.05, 0) is 67.9 Å². The molecule has 5 heteroatoms. The lowest BCUT2D eigenvalue weighted by molar-refractivity contribution is 0.0983. The molecule has 1 saturated heterocycles. The van der Waals surface area contributed by atoms with E-state index in [1.165, 1.54) is 24.8 Å². The molecule has 0 bridgehead atoms. The summed E-state index contributed by atoms with van der Waals surface area (Å²) in [5.74, 6) is 0.945. The van der Waals surface area contributed by atoms with Crippen molar-refractivity contribution in [3.63, 3.8) is 0 Å². The first-order valence-corrected chi connectivity index (χ1v) is 9.92. The minimum atomic E-state index is 0.0822. The minimum Gasteiger partial charge on any atom is -0.497 e. The summed E-state index contributed by atoms with van der Waals surface area (Å²) in [5.41, 5.74) is 1.94. The molecule has 144 valence electrons. The van der Waals surface area contributed by atoms with Crippen LogP contribution in [-0.2, 0) is 0 Å². The van der Waals surface area contributed by atoms with E-state index in [1.54, 1.807) is 31.4 Å². The number of carbonyl (C=O) groups is 1. The maximum Gasteiger partial charge on any atom is 0.176 e. The lowest BCUT2D eigenvalue weighted by Gasteiger charge is -2.35. The molecule has 27 heavy (non-hydrogen) atoms. The maximum absolute atomic E-state index is 12.4. The number of ether oxygens (including phenoxy) is 1. The quantitative estimate of drug-likeness (QED) is 0.685. The van der Waals surface area contributed by atoms with Gasteiger partial charge in [0.25, 0.3) is 0 Å². The third-order valence-corrected chi connectivity index (χ3v) is 5.37. The SMILES string of the molecule is COc1ccc(C(CNCC(=O)c2ccc(Cl)cc2)N2CCCCC2)cc1.